The van der Waals surface area contributed by atoms with Crippen molar-refractivity contribution in [3.05, 3.63) is 36.5 Å². The highest BCUT2D eigenvalue weighted by atomic mass is 15.0. The van der Waals surface area contributed by atoms with Crippen LogP contribution >= 0.6 is 0 Å². The maximum atomic E-state index is 4.46. The van der Waals surface area contributed by atoms with Gasteiger partial charge in [0.1, 0.15) is 5.82 Å². The van der Waals surface area contributed by atoms with E-state index >= 15 is 0 Å². The molecule has 1 fully saturated rings. The lowest BCUT2D eigenvalue weighted by atomic mass is 10.0. The van der Waals surface area contributed by atoms with E-state index < -0.39 is 0 Å². The summed E-state index contributed by atoms with van der Waals surface area (Å²) in [7, 11) is 0. The van der Waals surface area contributed by atoms with E-state index in [2.05, 4.69) is 47.6 Å². The number of aromatic nitrogens is 1. The SMILES string of the molecule is CCC1(CNc2nccc3ccccc23)CC1. The molecule has 1 N–H and O–H groups in total. The Morgan fingerprint density at radius 2 is 2.06 bits per heavy atom. The molecular weight excluding hydrogens is 208 g/mol. The van der Waals surface area contributed by atoms with Crippen LogP contribution in [0.4, 0.5) is 5.82 Å². The maximum Gasteiger partial charge on any atom is 0.133 e. The van der Waals surface area contributed by atoms with Crippen LogP contribution in [0, 0.1) is 5.41 Å². The van der Waals surface area contributed by atoms with Gasteiger partial charge in [0.2, 0.25) is 0 Å². The van der Waals surface area contributed by atoms with Crippen LogP contribution in [-0.2, 0) is 0 Å². The average Bonchev–Trinajstić information content (AvgIpc) is 3.17. The first-order valence-electron chi connectivity index (χ1n) is 6.41. The van der Waals surface area contributed by atoms with Crippen LogP contribution in [0.3, 0.4) is 0 Å². The van der Waals surface area contributed by atoms with Gasteiger partial charge in [-0.15, -0.1) is 0 Å². The predicted molar refractivity (Wildman–Crippen MR) is 72.2 cm³/mol. The molecule has 88 valence electrons. The van der Waals surface area contributed by atoms with Crippen LogP contribution in [0.15, 0.2) is 36.5 Å². The average molecular weight is 226 g/mol. The molecule has 1 aliphatic carbocycles. The number of benzene rings is 1. The van der Waals surface area contributed by atoms with Gasteiger partial charge in [-0.25, -0.2) is 4.98 Å². The Kier molecular flexibility index (Phi) is 2.50. The smallest absolute Gasteiger partial charge is 0.133 e. The first-order valence-corrected chi connectivity index (χ1v) is 6.41. The van der Waals surface area contributed by atoms with E-state index in [1.807, 2.05) is 6.20 Å². The van der Waals surface area contributed by atoms with Crippen LogP contribution in [0.2, 0.25) is 0 Å². The van der Waals surface area contributed by atoms with Gasteiger partial charge in [-0.2, -0.15) is 0 Å². The lowest BCUT2D eigenvalue weighted by Crippen LogP contribution is -2.15. The van der Waals surface area contributed by atoms with Gasteiger partial charge in [-0.3, -0.25) is 0 Å². The van der Waals surface area contributed by atoms with Crippen molar-refractivity contribution in [3.8, 4) is 0 Å². The van der Waals surface area contributed by atoms with Crippen molar-refractivity contribution in [1.29, 1.82) is 0 Å². The molecule has 1 aromatic carbocycles. The van der Waals surface area contributed by atoms with E-state index in [9.17, 15) is 0 Å². The van der Waals surface area contributed by atoms with Crippen LogP contribution in [0.1, 0.15) is 26.2 Å². The number of rotatable bonds is 4. The van der Waals surface area contributed by atoms with Gasteiger partial charge in [0.05, 0.1) is 0 Å². The second kappa shape index (κ2) is 4.02. The summed E-state index contributed by atoms with van der Waals surface area (Å²) < 4.78 is 0. The van der Waals surface area contributed by atoms with Gasteiger partial charge in [0, 0.05) is 18.1 Å². The summed E-state index contributed by atoms with van der Waals surface area (Å²) in [6.45, 7) is 3.34. The van der Waals surface area contributed by atoms with Crippen molar-refractivity contribution in [3.63, 3.8) is 0 Å². The number of hydrogen-bond donors (Lipinski definition) is 1. The third kappa shape index (κ3) is 1.99. The van der Waals surface area contributed by atoms with E-state index in [4.69, 9.17) is 0 Å². The van der Waals surface area contributed by atoms with Crippen LogP contribution in [0.25, 0.3) is 10.8 Å². The van der Waals surface area contributed by atoms with Crippen molar-refractivity contribution in [2.45, 2.75) is 26.2 Å². The molecule has 2 nitrogen and oxygen atoms in total. The second-order valence-electron chi connectivity index (χ2n) is 5.09. The van der Waals surface area contributed by atoms with E-state index in [1.165, 1.54) is 30.0 Å². The summed E-state index contributed by atoms with van der Waals surface area (Å²) >= 11 is 0. The molecule has 3 rings (SSSR count). The molecule has 17 heavy (non-hydrogen) atoms. The number of nitrogens with zero attached hydrogens (tertiary/aromatic N) is 1. The second-order valence-corrected chi connectivity index (χ2v) is 5.09. The monoisotopic (exact) mass is 226 g/mol. The summed E-state index contributed by atoms with van der Waals surface area (Å²) in [6.07, 6.45) is 5.88. The van der Waals surface area contributed by atoms with Crippen molar-refractivity contribution >= 4 is 16.6 Å². The van der Waals surface area contributed by atoms with Crippen molar-refractivity contribution in [2.75, 3.05) is 11.9 Å². The standard InChI is InChI=1S/C15H18N2/c1-2-15(8-9-15)11-17-14-13-6-4-3-5-12(13)7-10-16-14/h3-7,10H,2,8-9,11H2,1H3,(H,16,17). The summed E-state index contributed by atoms with van der Waals surface area (Å²) in [5.41, 5.74) is 0.554. The van der Waals surface area contributed by atoms with Crippen molar-refractivity contribution in [1.82, 2.24) is 4.98 Å². The fourth-order valence-electron chi connectivity index (χ4n) is 2.36. The highest BCUT2D eigenvalue weighted by Gasteiger charge is 2.40. The molecule has 0 amide bonds. The number of pyridine rings is 1. The number of fused-ring (bicyclic) bond motifs is 1. The van der Waals surface area contributed by atoms with Gasteiger partial charge < -0.3 is 5.32 Å². The molecular formula is C15H18N2. The minimum Gasteiger partial charge on any atom is -0.369 e. The quantitative estimate of drug-likeness (QED) is 0.856. The first-order chi connectivity index (χ1) is 8.33. The Labute approximate surface area is 102 Å². The highest BCUT2D eigenvalue weighted by Crippen LogP contribution is 2.48. The van der Waals surface area contributed by atoms with E-state index in [0.29, 0.717) is 5.41 Å². The first kappa shape index (κ1) is 10.6. The Morgan fingerprint density at radius 1 is 1.24 bits per heavy atom. The zero-order valence-electron chi connectivity index (χ0n) is 10.2. The van der Waals surface area contributed by atoms with Crippen molar-refractivity contribution in [2.24, 2.45) is 5.41 Å². The summed E-state index contributed by atoms with van der Waals surface area (Å²) in [5.74, 6) is 1.03. The van der Waals surface area contributed by atoms with E-state index in [-0.39, 0.29) is 0 Å². The lowest BCUT2D eigenvalue weighted by molar-refractivity contribution is 0.521. The molecule has 0 atom stereocenters. The number of nitrogens with one attached hydrogen (secondary N) is 1. The molecule has 1 heterocycles. The minimum absolute atomic E-state index is 0.554. The molecule has 0 unspecified atom stereocenters. The summed E-state index contributed by atoms with van der Waals surface area (Å²) in [6, 6.07) is 10.5. The zero-order valence-corrected chi connectivity index (χ0v) is 10.2. The van der Waals surface area contributed by atoms with Crippen LogP contribution < -0.4 is 5.32 Å². The van der Waals surface area contributed by atoms with Gasteiger partial charge in [-0.05, 0) is 36.1 Å². The van der Waals surface area contributed by atoms with Crippen molar-refractivity contribution < 1.29 is 0 Å². The van der Waals surface area contributed by atoms with Crippen LogP contribution in [-0.4, -0.2) is 11.5 Å². The lowest BCUT2D eigenvalue weighted by Gasteiger charge is -2.15. The zero-order chi connectivity index (χ0) is 11.7. The molecule has 1 aliphatic rings. The normalized spacial score (nSPS) is 17.0. The van der Waals surface area contributed by atoms with Crippen LogP contribution in [0.5, 0.6) is 0 Å². The van der Waals surface area contributed by atoms with Gasteiger partial charge in [0.25, 0.3) is 0 Å². The molecule has 0 radical (unpaired) electrons. The third-order valence-corrected chi connectivity index (χ3v) is 4.01. The Balaban J connectivity index is 1.85. The van der Waals surface area contributed by atoms with Gasteiger partial charge in [-0.1, -0.05) is 31.2 Å². The topological polar surface area (TPSA) is 24.9 Å². The molecule has 0 aliphatic heterocycles. The Morgan fingerprint density at radius 3 is 2.82 bits per heavy atom. The molecule has 1 saturated carbocycles. The molecule has 0 spiro atoms. The van der Waals surface area contributed by atoms with E-state index in [0.717, 1.165) is 12.4 Å². The minimum atomic E-state index is 0.554. The molecule has 1 aromatic heterocycles. The van der Waals surface area contributed by atoms with Gasteiger partial charge >= 0.3 is 0 Å². The molecule has 2 heteroatoms. The molecule has 0 bridgehead atoms. The number of hydrogen-bond acceptors (Lipinski definition) is 2. The number of anilines is 1. The predicted octanol–water partition coefficient (Wildman–Crippen LogP) is 3.84. The molecule has 2 aromatic rings. The van der Waals surface area contributed by atoms with E-state index in [1.54, 1.807) is 0 Å². The highest BCUT2D eigenvalue weighted by molar-refractivity contribution is 5.91. The largest absolute Gasteiger partial charge is 0.369 e. The Bertz CT molecular complexity index is 524. The molecule has 0 saturated heterocycles. The third-order valence-electron chi connectivity index (χ3n) is 4.01. The maximum absolute atomic E-state index is 4.46. The Hall–Kier alpha value is -1.57. The van der Waals surface area contributed by atoms with Gasteiger partial charge in [0.15, 0.2) is 0 Å². The fourth-order valence-corrected chi connectivity index (χ4v) is 2.36. The fraction of sp³-hybridized carbons (Fsp3) is 0.400. The summed E-state index contributed by atoms with van der Waals surface area (Å²) in [5, 5.41) is 6.01. The summed E-state index contributed by atoms with van der Waals surface area (Å²) in [4.78, 5) is 4.46.